The zero-order valence-electron chi connectivity index (χ0n) is 11.3. The Morgan fingerprint density at radius 1 is 1.33 bits per heavy atom. The Bertz CT molecular complexity index is 709. The number of anilines is 1. The molecule has 1 atom stereocenters. The van der Waals surface area contributed by atoms with E-state index in [1.807, 2.05) is 24.3 Å². The maximum atomic E-state index is 12.3. The minimum Gasteiger partial charge on any atom is -0.479 e. The third-order valence-electron chi connectivity index (χ3n) is 3.26. The number of benzene rings is 1. The molecule has 1 unspecified atom stereocenters. The number of carbonyl (C=O) groups excluding carboxylic acids is 1. The Labute approximate surface area is 125 Å². The van der Waals surface area contributed by atoms with Crippen molar-refractivity contribution in [1.29, 1.82) is 0 Å². The lowest BCUT2D eigenvalue weighted by atomic mass is 10.2. The summed E-state index contributed by atoms with van der Waals surface area (Å²) in [5, 5.41) is 8.97. The minimum atomic E-state index is -0.951. The van der Waals surface area contributed by atoms with E-state index in [0.717, 1.165) is 4.88 Å². The fourth-order valence-electron chi connectivity index (χ4n) is 2.26. The minimum absolute atomic E-state index is 0.126. The quantitative estimate of drug-likeness (QED) is 0.946. The summed E-state index contributed by atoms with van der Waals surface area (Å²) < 4.78 is 5.57. The molecule has 1 amide bonds. The van der Waals surface area contributed by atoms with Crippen LogP contribution in [0.2, 0.25) is 0 Å². The Morgan fingerprint density at radius 2 is 2.10 bits per heavy atom. The average Bonchev–Trinajstić information content (AvgIpc) is 2.93. The Balaban J connectivity index is 1.92. The molecule has 0 spiro atoms. The molecule has 0 saturated carbocycles. The van der Waals surface area contributed by atoms with Gasteiger partial charge < -0.3 is 14.7 Å². The van der Waals surface area contributed by atoms with Crippen LogP contribution in [0.5, 0.6) is 5.75 Å². The molecule has 0 bridgehead atoms. The lowest BCUT2D eigenvalue weighted by molar-refractivity contribution is -0.125. The van der Waals surface area contributed by atoms with E-state index in [0.29, 0.717) is 18.0 Å². The number of hydrogen-bond donors (Lipinski definition) is 1. The van der Waals surface area contributed by atoms with Crippen LogP contribution in [0.3, 0.4) is 0 Å². The molecule has 3 rings (SSSR count). The standard InChI is InChI=1S/C15H13NO4S/c1-9-14(17)16(11-4-2-3-5-12(11)20-9)8-10-6-7-13(21-10)15(18)19/h2-7,9H,8H2,1H3,(H,18,19). The highest BCUT2D eigenvalue weighted by Crippen LogP contribution is 2.35. The van der Waals surface area contributed by atoms with Crippen molar-refractivity contribution in [3.8, 4) is 5.75 Å². The monoisotopic (exact) mass is 303 g/mol. The summed E-state index contributed by atoms with van der Waals surface area (Å²) in [4.78, 5) is 26.0. The Morgan fingerprint density at radius 3 is 2.81 bits per heavy atom. The van der Waals surface area contributed by atoms with Crippen LogP contribution in [0.4, 0.5) is 5.69 Å². The lowest BCUT2D eigenvalue weighted by Crippen LogP contribution is -2.43. The van der Waals surface area contributed by atoms with Crippen LogP contribution in [0.15, 0.2) is 36.4 Å². The number of hydrogen-bond acceptors (Lipinski definition) is 4. The van der Waals surface area contributed by atoms with Crippen LogP contribution >= 0.6 is 11.3 Å². The number of amides is 1. The third kappa shape index (κ3) is 2.50. The molecule has 0 radical (unpaired) electrons. The van der Waals surface area contributed by atoms with Gasteiger partial charge in [0.25, 0.3) is 5.91 Å². The molecule has 108 valence electrons. The van der Waals surface area contributed by atoms with Crippen LogP contribution in [0.25, 0.3) is 0 Å². The van der Waals surface area contributed by atoms with E-state index in [1.165, 1.54) is 11.3 Å². The van der Waals surface area contributed by atoms with Crippen molar-refractivity contribution in [3.05, 3.63) is 46.2 Å². The van der Waals surface area contributed by atoms with E-state index in [1.54, 1.807) is 24.0 Å². The molecule has 0 saturated heterocycles. The normalized spacial score (nSPS) is 17.3. The number of rotatable bonds is 3. The predicted octanol–water partition coefficient (Wildman–Crippen LogP) is 2.76. The second kappa shape index (κ2) is 5.21. The molecule has 2 aromatic rings. The molecule has 1 aliphatic heterocycles. The van der Waals surface area contributed by atoms with Gasteiger partial charge in [-0.05, 0) is 31.2 Å². The summed E-state index contributed by atoms with van der Waals surface area (Å²) in [6.45, 7) is 2.06. The van der Waals surface area contributed by atoms with Gasteiger partial charge in [-0.1, -0.05) is 12.1 Å². The van der Waals surface area contributed by atoms with Gasteiger partial charge in [0.15, 0.2) is 6.10 Å². The SMILES string of the molecule is CC1Oc2ccccc2N(Cc2ccc(C(=O)O)s2)C1=O. The van der Waals surface area contributed by atoms with Crippen LogP contribution in [-0.2, 0) is 11.3 Å². The summed E-state index contributed by atoms with van der Waals surface area (Å²) in [6.07, 6.45) is -0.543. The zero-order chi connectivity index (χ0) is 15.0. The second-order valence-corrected chi connectivity index (χ2v) is 5.89. The highest BCUT2D eigenvalue weighted by molar-refractivity contribution is 7.13. The summed E-state index contributed by atoms with van der Waals surface area (Å²) >= 11 is 1.18. The first kappa shape index (κ1) is 13.6. The number of carboxylic acid groups (broad SMARTS) is 1. The summed E-state index contributed by atoms with van der Waals surface area (Å²) in [5.41, 5.74) is 0.714. The smallest absolute Gasteiger partial charge is 0.345 e. The molecule has 5 nitrogen and oxygen atoms in total. The van der Waals surface area contributed by atoms with Crippen LogP contribution in [0.1, 0.15) is 21.5 Å². The molecule has 1 aromatic heterocycles. The fraction of sp³-hybridized carbons (Fsp3) is 0.200. The first-order valence-corrected chi connectivity index (χ1v) is 7.27. The van der Waals surface area contributed by atoms with Crippen molar-refractivity contribution in [1.82, 2.24) is 0 Å². The van der Waals surface area contributed by atoms with Gasteiger partial charge in [0.2, 0.25) is 0 Å². The summed E-state index contributed by atoms with van der Waals surface area (Å²) in [5.74, 6) is -0.410. The van der Waals surface area contributed by atoms with E-state index >= 15 is 0 Å². The summed E-state index contributed by atoms with van der Waals surface area (Å²) in [7, 11) is 0. The van der Waals surface area contributed by atoms with E-state index < -0.39 is 12.1 Å². The first-order chi connectivity index (χ1) is 10.1. The van der Waals surface area contributed by atoms with Crippen molar-refractivity contribution in [3.63, 3.8) is 0 Å². The number of nitrogens with zero attached hydrogens (tertiary/aromatic N) is 1. The van der Waals surface area contributed by atoms with Crippen molar-refractivity contribution in [2.24, 2.45) is 0 Å². The maximum absolute atomic E-state index is 12.3. The number of ether oxygens (including phenoxy) is 1. The zero-order valence-corrected chi connectivity index (χ0v) is 12.1. The van der Waals surface area contributed by atoms with Crippen molar-refractivity contribution >= 4 is 28.9 Å². The number of carbonyl (C=O) groups is 2. The molecule has 2 heterocycles. The van der Waals surface area contributed by atoms with Gasteiger partial charge in [-0.25, -0.2) is 4.79 Å². The third-order valence-corrected chi connectivity index (χ3v) is 4.32. The summed E-state index contributed by atoms with van der Waals surface area (Å²) in [6, 6.07) is 10.6. The Kier molecular flexibility index (Phi) is 3.39. The molecule has 0 fully saturated rings. The number of carboxylic acids is 1. The van der Waals surface area contributed by atoms with Crippen LogP contribution in [-0.4, -0.2) is 23.1 Å². The highest BCUT2D eigenvalue weighted by atomic mass is 32.1. The van der Waals surface area contributed by atoms with E-state index in [2.05, 4.69) is 0 Å². The highest BCUT2D eigenvalue weighted by Gasteiger charge is 2.31. The molecular weight excluding hydrogens is 290 g/mol. The number of para-hydroxylation sites is 2. The van der Waals surface area contributed by atoms with Gasteiger partial charge in [-0.15, -0.1) is 11.3 Å². The predicted molar refractivity (Wildman–Crippen MR) is 79.0 cm³/mol. The number of aromatic carboxylic acids is 1. The van der Waals surface area contributed by atoms with E-state index in [4.69, 9.17) is 9.84 Å². The van der Waals surface area contributed by atoms with Gasteiger partial charge in [-0.3, -0.25) is 4.79 Å². The molecule has 0 aliphatic carbocycles. The maximum Gasteiger partial charge on any atom is 0.345 e. The van der Waals surface area contributed by atoms with Crippen LogP contribution < -0.4 is 9.64 Å². The van der Waals surface area contributed by atoms with Crippen molar-refractivity contribution in [2.45, 2.75) is 19.6 Å². The van der Waals surface area contributed by atoms with Gasteiger partial charge in [-0.2, -0.15) is 0 Å². The Hall–Kier alpha value is -2.34. The van der Waals surface area contributed by atoms with Crippen molar-refractivity contribution in [2.75, 3.05) is 4.90 Å². The van der Waals surface area contributed by atoms with E-state index in [9.17, 15) is 9.59 Å². The van der Waals surface area contributed by atoms with E-state index in [-0.39, 0.29) is 10.8 Å². The molecule has 1 aromatic carbocycles. The molecule has 21 heavy (non-hydrogen) atoms. The lowest BCUT2D eigenvalue weighted by Gasteiger charge is -2.32. The molecule has 1 N–H and O–H groups in total. The first-order valence-electron chi connectivity index (χ1n) is 6.45. The number of thiophene rings is 1. The molecular formula is C15H13NO4S. The topological polar surface area (TPSA) is 66.8 Å². The average molecular weight is 303 g/mol. The second-order valence-electron chi connectivity index (χ2n) is 4.72. The molecule has 6 heteroatoms. The van der Waals surface area contributed by atoms with Gasteiger partial charge in [0.1, 0.15) is 10.6 Å². The largest absolute Gasteiger partial charge is 0.479 e. The van der Waals surface area contributed by atoms with Crippen LogP contribution in [0, 0.1) is 0 Å². The number of fused-ring (bicyclic) bond motifs is 1. The van der Waals surface area contributed by atoms with Gasteiger partial charge in [0.05, 0.1) is 12.2 Å². The van der Waals surface area contributed by atoms with Gasteiger partial charge >= 0.3 is 5.97 Å². The van der Waals surface area contributed by atoms with Crippen molar-refractivity contribution < 1.29 is 19.4 Å². The fourth-order valence-corrected chi connectivity index (χ4v) is 3.09. The van der Waals surface area contributed by atoms with Gasteiger partial charge in [0, 0.05) is 4.88 Å². The molecule has 1 aliphatic rings.